The Balaban J connectivity index is 2.69. The van der Waals surface area contributed by atoms with Crippen LogP contribution < -0.4 is 0 Å². The molecule has 0 radical (unpaired) electrons. The van der Waals surface area contributed by atoms with Gasteiger partial charge in [0.25, 0.3) is 0 Å². The first kappa shape index (κ1) is 12.5. The first-order valence-electron chi connectivity index (χ1n) is 4.94. The predicted octanol–water partition coefficient (Wildman–Crippen LogP) is 3.72. The molecule has 1 rings (SSSR count). The van der Waals surface area contributed by atoms with E-state index < -0.39 is 0 Å². The molecule has 1 atom stereocenters. The molecule has 0 amide bonds. The molecule has 0 saturated heterocycles. The van der Waals surface area contributed by atoms with Crippen molar-refractivity contribution < 1.29 is 4.79 Å². The first-order chi connectivity index (χ1) is 7.13. The molecule has 0 spiro atoms. The average molecular weight is 245 g/mol. The molecule has 0 aliphatic carbocycles. The molecule has 0 aliphatic heterocycles. The Morgan fingerprint density at radius 2 is 2.20 bits per heavy atom. The zero-order valence-electron chi connectivity index (χ0n) is 8.67. The van der Waals surface area contributed by atoms with Crippen LogP contribution in [0.1, 0.15) is 18.9 Å². The summed E-state index contributed by atoms with van der Waals surface area (Å²) in [6.45, 7) is 1.61. The van der Waals surface area contributed by atoms with Gasteiger partial charge in [0.2, 0.25) is 0 Å². The number of carbonyl (C=O) groups is 1. The maximum Gasteiger partial charge on any atom is 0.133 e. The van der Waals surface area contributed by atoms with Crippen LogP contribution in [0.2, 0.25) is 5.02 Å². The number of alkyl halides is 1. The molecule has 0 aliphatic rings. The summed E-state index contributed by atoms with van der Waals surface area (Å²) in [6, 6.07) is 7.60. The summed E-state index contributed by atoms with van der Waals surface area (Å²) in [5, 5.41) is 0.709. The van der Waals surface area contributed by atoms with Gasteiger partial charge in [0.15, 0.2) is 0 Å². The fourth-order valence-corrected chi connectivity index (χ4v) is 2.01. The number of Topliss-reactive ketones (excluding diaryl/α,β-unsaturated/α-hetero) is 1. The van der Waals surface area contributed by atoms with Crippen molar-refractivity contribution in [2.45, 2.75) is 19.8 Å². The molecule has 1 nitrogen and oxygen atoms in total. The largest absolute Gasteiger partial charge is 0.300 e. The van der Waals surface area contributed by atoms with Crippen molar-refractivity contribution in [3.05, 3.63) is 34.9 Å². The standard InChI is InChI=1S/C12H14Cl2O/c1-9(15)11(5-6-13)7-10-3-2-4-12(14)8-10/h2-4,8,11H,5-7H2,1H3. The van der Waals surface area contributed by atoms with Crippen LogP contribution in [0.25, 0.3) is 0 Å². The third kappa shape index (κ3) is 4.23. The summed E-state index contributed by atoms with van der Waals surface area (Å²) >= 11 is 11.5. The van der Waals surface area contributed by atoms with Gasteiger partial charge in [0.1, 0.15) is 5.78 Å². The maximum atomic E-state index is 11.3. The highest BCUT2D eigenvalue weighted by Crippen LogP contribution is 2.17. The average Bonchev–Trinajstić information content (AvgIpc) is 2.17. The minimum Gasteiger partial charge on any atom is -0.300 e. The van der Waals surface area contributed by atoms with E-state index in [4.69, 9.17) is 23.2 Å². The van der Waals surface area contributed by atoms with Gasteiger partial charge in [-0.3, -0.25) is 4.79 Å². The molecule has 0 saturated carbocycles. The second-order valence-corrected chi connectivity index (χ2v) is 4.43. The molecule has 0 N–H and O–H groups in total. The van der Waals surface area contributed by atoms with Crippen molar-refractivity contribution in [1.29, 1.82) is 0 Å². The first-order valence-corrected chi connectivity index (χ1v) is 5.85. The number of benzene rings is 1. The normalized spacial score (nSPS) is 12.5. The molecule has 1 aromatic rings. The minimum atomic E-state index is 0.0148. The summed E-state index contributed by atoms with van der Waals surface area (Å²) in [5.41, 5.74) is 1.09. The molecular weight excluding hydrogens is 231 g/mol. The van der Waals surface area contributed by atoms with Crippen LogP contribution in [0.5, 0.6) is 0 Å². The quantitative estimate of drug-likeness (QED) is 0.722. The van der Waals surface area contributed by atoms with E-state index in [9.17, 15) is 4.79 Å². The molecule has 1 aromatic carbocycles. The lowest BCUT2D eigenvalue weighted by molar-refractivity contribution is -0.120. The molecule has 0 fully saturated rings. The van der Waals surface area contributed by atoms with Gasteiger partial charge in [-0.25, -0.2) is 0 Å². The van der Waals surface area contributed by atoms with Crippen molar-refractivity contribution >= 4 is 29.0 Å². The van der Waals surface area contributed by atoms with Gasteiger partial charge in [-0.1, -0.05) is 23.7 Å². The van der Waals surface area contributed by atoms with Crippen molar-refractivity contribution in [3.8, 4) is 0 Å². The molecule has 0 aromatic heterocycles. The second-order valence-electron chi connectivity index (χ2n) is 3.62. The topological polar surface area (TPSA) is 17.1 Å². The Morgan fingerprint density at radius 1 is 1.47 bits per heavy atom. The van der Waals surface area contributed by atoms with Crippen molar-refractivity contribution in [2.24, 2.45) is 5.92 Å². The summed E-state index contributed by atoms with van der Waals surface area (Å²) < 4.78 is 0. The van der Waals surface area contributed by atoms with Gasteiger partial charge in [0.05, 0.1) is 0 Å². The van der Waals surface area contributed by atoms with Crippen molar-refractivity contribution in [1.82, 2.24) is 0 Å². The Hall–Kier alpha value is -0.530. The van der Waals surface area contributed by atoms with Gasteiger partial charge in [0, 0.05) is 16.8 Å². The minimum absolute atomic E-state index is 0.0148. The molecular formula is C12H14Cl2O. The highest BCUT2D eigenvalue weighted by atomic mass is 35.5. The van der Waals surface area contributed by atoms with Crippen LogP contribution >= 0.6 is 23.2 Å². The summed E-state index contributed by atoms with van der Waals surface area (Å²) in [4.78, 5) is 11.3. The predicted molar refractivity (Wildman–Crippen MR) is 64.7 cm³/mol. The SMILES string of the molecule is CC(=O)C(CCCl)Cc1cccc(Cl)c1. The number of rotatable bonds is 5. The van der Waals surface area contributed by atoms with E-state index in [1.54, 1.807) is 6.92 Å². The Labute approximate surface area is 100 Å². The summed E-state index contributed by atoms with van der Waals surface area (Å²) in [7, 11) is 0. The smallest absolute Gasteiger partial charge is 0.133 e. The van der Waals surface area contributed by atoms with E-state index in [2.05, 4.69) is 0 Å². The highest BCUT2D eigenvalue weighted by molar-refractivity contribution is 6.30. The van der Waals surface area contributed by atoms with Crippen LogP contribution in [0.15, 0.2) is 24.3 Å². The lowest BCUT2D eigenvalue weighted by Gasteiger charge is -2.12. The fraction of sp³-hybridized carbons (Fsp3) is 0.417. The van der Waals surface area contributed by atoms with Gasteiger partial charge in [-0.15, -0.1) is 11.6 Å². The molecule has 1 unspecified atom stereocenters. The number of hydrogen-bond acceptors (Lipinski definition) is 1. The molecule has 0 bridgehead atoms. The van der Waals surface area contributed by atoms with Crippen LogP contribution in [0.4, 0.5) is 0 Å². The lowest BCUT2D eigenvalue weighted by Crippen LogP contribution is -2.14. The summed E-state index contributed by atoms with van der Waals surface area (Å²) in [6.07, 6.45) is 1.45. The Kier molecular flexibility index (Phi) is 5.13. The third-order valence-corrected chi connectivity index (χ3v) is 2.86. The van der Waals surface area contributed by atoms with Gasteiger partial charge in [-0.05, 0) is 37.5 Å². The number of carbonyl (C=O) groups excluding carboxylic acids is 1. The molecule has 3 heteroatoms. The number of halogens is 2. The highest BCUT2D eigenvalue weighted by Gasteiger charge is 2.14. The van der Waals surface area contributed by atoms with Gasteiger partial charge >= 0.3 is 0 Å². The van der Waals surface area contributed by atoms with E-state index in [0.717, 1.165) is 18.4 Å². The molecule has 0 heterocycles. The fourth-order valence-electron chi connectivity index (χ4n) is 1.53. The van der Waals surface area contributed by atoms with Gasteiger partial charge in [-0.2, -0.15) is 0 Å². The van der Waals surface area contributed by atoms with E-state index >= 15 is 0 Å². The zero-order valence-corrected chi connectivity index (χ0v) is 10.2. The van der Waals surface area contributed by atoms with E-state index in [-0.39, 0.29) is 11.7 Å². The Bertz CT molecular complexity index is 336. The lowest BCUT2D eigenvalue weighted by atomic mass is 9.94. The van der Waals surface area contributed by atoms with E-state index in [0.29, 0.717) is 10.9 Å². The van der Waals surface area contributed by atoms with Crippen LogP contribution in [0, 0.1) is 5.92 Å². The molecule has 15 heavy (non-hydrogen) atoms. The van der Waals surface area contributed by atoms with Crippen LogP contribution in [-0.2, 0) is 11.2 Å². The zero-order chi connectivity index (χ0) is 11.3. The monoisotopic (exact) mass is 244 g/mol. The van der Waals surface area contributed by atoms with E-state index in [1.807, 2.05) is 24.3 Å². The van der Waals surface area contributed by atoms with Crippen LogP contribution in [0.3, 0.4) is 0 Å². The van der Waals surface area contributed by atoms with Crippen molar-refractivity contribution in [2.75, 3.05) is 5.88 Å². The Morgan fingerprint density at radius 3 is 2.73 bits per heavy atom. The number of hydrogen-bond donors (Lipinski definition) is 0. The van der Waals surface area contributed by atoms with Crippen molar-refractivity contribution in [3.63, 3.8) is 0 Å². The van der Waals surface area contributed by atoms with E-state index in [1.165, 1.54) is 0 Å². The maximum absolute atomic E-state index is 11.3. The molecule has 82 valence electrons. The number of ketones is 1. The second kappa shape index (κ2) is 6.14. The summed E-state index contributed by atoms with van der Waals surface area (Å²) in [5.74, 6) is 0.724. The van der Waals surface area contributed by atoms with Gasteiger partial charge < -0.3 is 0 Å². The van der Waals surface area contributed by atoms with Crippen LogP contribution in [-0.4, -0.2) is 11.7 Å². The third-order valence-electron chi connectivity index (χ3n) is 2.40.